The normalized spacial score (nSPS) is 11.7. The Morgan fingerprint density at radius 1 is 1.03 bits per heavy atom. The molecule has 4 aromatic rings. The Morgan fingerprint density at radius 2 is 1.77 bits per heavy atom. The van der Waals surface area contributed by atoms with Crippen LogP contribution in [0.1, 0.15) is 39.8 Å². The molecule has 202 valence electrons. The smallest absolute Gasteiger partial charge is 0.325 e. The first-order valence-electron chi connectivity index (χ1n) is 12.4. The number of nitrogens with zero attached hydrogens (tertiary/aromatic N) is 2. The molecule has 2 amide bonds. The molecule has 1 unspecified atom stereocenters. The molecule has 0 fully saturated rings. The maximum Gasteiger partial charge on any atom is 0.325 e. The number of imidazole rings is 1. The van der Waals surface area contributed by atoms with Crippen LogP contribution in [-0.2, 0) is 27.3 Å². The van der Waals surface area contributed by atoms with E-state index in [4.69, 9.17) is 16.6 Å². The molecule has 8 nitrogen and oxygen atoms in total. The molecule has 39 heavy (non-hydrogen) atoms. The number of fused-ring (bicyclic) bond motifs is 1. The maximum atomic E-state index is 12.7. The van der Waals surface area contributed by atoms with Gasteiger partial charge >= 0.3 is 5.97 Å². The van der Waals surface area contributed by atoms with Gasteiger partial charge in [0.15, 0.2) is 0 Å². The van der Waals surface area contributed by atoms with Crippen LogP contribution in [0.25, 0.3) is 11.0 Å². The number of carbonyl (C=O) groups is 3. The molecular weight excluding hydrogens is 536 g/mol. The highest BCUT2D eigenvalue weighted by atomic mass is 35.5. The molecule has 1 heterocycles. The molecule has 0 bridgehead atoms. The number of benzene rings is 3. The second-order valence-corrected chi connectivity index (χ2v) is 9.81. The van der Waals surface area contributed by atoms with Crippen molar-refractivity contribution in [1.82, 2.24) is 20.2 Å². The number of amides is 2. The Kier molecular flexibility index (Phi) is 9.62. The van der Waals surface area contributed by atoms with E-state index in [1.165, 1.54) is 7.11 Å². The van der Waals surface area contributed by atoms with Crippen LogP contribution in [0.3, 0.4) is 0 Å². The highest BCUT2D eigenvalue weighted by Crippen LogP contribution is 2.26. The van der Waals surface area contributed by atoms with Crippen molar-refractivity contribution < 1.29 is 19.1 Å². The van der Waals surface area contributed by atoms with E-state index in [1.54, 1.807) is 12.1 Å². The van der Waals surface area contributed by atoms with E-state index in [1.807, 2.05) is 65.2 Å². The second kappa shape index (κ2) is 13.3. The van der Waals surface area contributed by atoms with E-state index < -0.39 is 17.9 Å². The number of nitrogens with one attached hydrogen (secondary N) is 2. The summed E-state index contributed by atoms with van der Waals surface area (Å²) < 4.78 is 6.64. The van der Waals surface area contributed by atoms with Crippen molar-refractivity contribution in [2.24, 2.45) is 0 Å². The van der Waals surface area contributed by atoms with E-state index in [9.17, 15) is 14.4 Å². The molecule has 4 rings (SSSR count). The van der Waals surface area contributed by atoms with Crippen molar-refractivity contribution >= 4 is 53.0 Å². The molecule has 0 aliphatic rings. The van der Waals surface area contributed by atoms with Gasteiger partial charge in [0.05, 0.1) is 24.2 Å². The standard InChI is InChI=1S/C29H29ClN4O4S/c1-38-27(36)17-31-29(37)21-9-12-25-23(16-21)33-28(34(25)18-20-7-10-22(30)11-8-20)24(32-26(35)13-14-39)15-19-5-3-2-4-6-19/h2-12,16,24,39H,13-15,17-18H2,1H3,(H,31,37)(H,32,35). The van der Waals surface area contributed by atoms with Crippen molar-refractivity contribution in [3.8, 4) is 0 Å². The molecule has 0 aliphatic carbocycles. The molecule has 2 N–H and O–H groups in total. The molecule has 1 atom stereocenters. The topological polar surface area (TPSA) is 102 Å². The fourth-order valence-corrected chi connectivity index (χ4v) is 4.57. The summed E-state index contributed by atoms with van der Waals surface area (Å²) in [7, 11) is 1.26. The van der Waals surface area contributed by atoms with Gasteiger partial charge < -0.3 is 19.9 Å². The van der Waals surface area contributed by atoms with E-state index in [0.29, 0.717) is 40.6 Å². The van der Waals surface area contributed by atoms with Gasteiger partial charge in [-0.05, 0) is 53.6 Å². The summed E-state index contributed by atoms with van der Waals surface area (Å²) in [6, 6.07) is 22.2. The largest absolute Gasteiger partial charge is 0.468 e. The number of halogens is 1. The van der Waals surface area contributed by atoms with Crippen LogP contribution in [0.15, 0.2) is 72.8 Å². The van der Waals surface area contributed by atoms with Crippen molar-refractivity contribution in [2.45, 2.75) is 25.4 Å². The van der Waals surface area contributed by atoms with E-state index in [2.05, 4.69) is 28.0 Å². The number of hydrogen-bond donors (Lipinski definition) is 3. The summed E-state index contributed by atoms with van der Waals surface area (Å²) in [6.07, 6.45) is 0.798. The predicted molar refractivity (Wildman–Crippen MR) is 154 cm³/mol. The summed E-state index contributed by atoms with van der Waals surface area (Å²) in [4.78, 5) is 41.8. The lowest BCUT2D eigenvalue weighted by atomic mass is 10.0. The molecular formula is C29H29ClN4O4S. The lowest BCUT2D eigenvalue weighted by Crippen LogP contribution is -2.32. The van der Waals surface area contributed by atoms with Gasteiger partial charge in [-0.2, -0.15) is 12.6 Å². The zero-order valence-electron chi connectivity index (χ0n) is 21.4. The summed E-state index contributed by atoms with van der Waals surface area (Å²) >= 11 is 10.3. The highest BCUT2D eigenvalue weighted by molar-refractivity contribution is 7.80. The summed E-state index contributed by atoms with van der Waals surface area (Å²) in [5, 5.41) is 6.32. The SMILES string of the molecule is COC(=O)CNC(=O)c1ccc2c(c1)nc(C(Cc1ccccc1)NC(=O)CCS)n2Cc1ccc(Cl)cc1. The Bertz CT molecular complexity index is 1460. The fourth-order valence-electron chi connectivity index (χ4n) is 4.25. The first-order valence-corrected chi connectivity index (χ1v) is 13.4. The molecule has 1 aromatic heterocycles. The molecule has 0 aliphatic heterocycles. The van der Waals surface area contributed by atoms with Crippen LogP contribution in [0.5, 0.6) is 0 Å². The minimum atomic E-state index is -0.542. The van der Waals surface area contributed by atoms with Gasteiger partial charge in [0, 0.05) is 23.6 Å². The molecule has 0 saturated heterocycles. The zero-order chi connectivity index (χ0) is 27.8. The van der Waals surface area contributed by atoms with Gasteiger partial charge in [-0.25, -0.2) is 4.98 Å². The number of hydrogen-bond acceptors (Lipinski definition) is 6. The van der Waals surface area contributed by atoms with Crippen molar-refractivity contribution in [3.63, 3.8) is 0 Å². The Labute approximate surface area is 237 Å². The average molecular weight is 565 g/mol. The maximum absolute atomic E-state index is 12.7. The van der Waals surface area contributed by atoms with Crippen LogP contribution in [-0.4, -0.2) is 46.7 Å². The van der Waals surface area contributed by atoms with Crippen molar-refractivity contribution in [2.75, 3.05) is 19.4 Å². The molecule has 3 aromatic carbocycles. The quantitative estimate of drug-likeness (QED) is 0.186. The number of thiol groups is 1. The second-order valence-electron chi connectivity index (χ2n) is 8.93. The van der Waals surface area contributed by atoms with E-state index >= 15 is 0 Å². The van der Waals surface area contributed by atoms with Crippen LogP contribution in [0, 0.1) is 0 Å². The summed E-state index contributed by atoms with van der Waals surface area (Å²) in [5.74, 6) is -0.00388. The first-order chi connectivity index (χ1) is 18.9. The van der Waals surface area contributed by atoms with Crippen LogP contribution >= 0.6 is 24.2 Å². The van der Waals surface area contributed by atoms with Gasteiger partial charge in [-0.3, -0.25) is 14.4 Å². The van der Waals surface area contributed by atoms with Gasteiger partial charge in [0.2, 0.25) is 5.91 Å². The molecule has 0 radical (unpaired) electrons. The molecule has 10 heteroatoms. The van der Waals surface area contributed by atoms with Gasteiger partial charge in [-0.1, -0.05) is 54.1 Å². The Balaban J connectivity index is 1.77. The number of rotatable bonds is 11. The average Bonchev–Trinajstić information content (AvgIpc) is 3.30. The van der Waals surface area contributed by atoms with Crippen molar-refractivity contribution in [1.29, 1.82) is 0 Å². The van der Waals surface area contributed by atoms with Crippen LogP contribution in [0.2, 0.25) is 5.02 Å². The Morgan fingerprint density at radius 3 is 2.46 bits per heavy atom. The Hall–Kier alpha value is -3.82. The zero-order valence-corrected chi connectivity index (χ0v) is 23.0. The van der Waals surface area contributed by atoms with Crippen LogP contribution < -0.4 is 10.6 Å². The molecule has 0 spiro atoms. The van der Waals surface area contributed by atoms with Gasteiger partial charge in [-0.15, -0.1) is 0 Å². The highest BCUT2D eigenvalue weighted by Gasteiger charge is 2.24. The van der Waals surface area contributed by atoms with E-state index in [0.717, 1.165) is 16.6 Å². The monoisotopic (exact) mass is 564 g/mol. The number of aromatic nitrogens is 2. The number of ether oxygens (including phenoxy) is 1. The lowest BCUT2D eigenvalue weighted by molar-refractivity contribution is -0.139. The third kappa shape index (κ3) is 7.40. The van der Waals surface area contributed by atoms with E-state index in [-0.39, 0.29) is 18.9 Å². The van der Waals surface area contributed by atoms with Gasteiger partial charge in [0.25, 0.3) is 5.91 Å². The molecule has 0 saturated carbocycles. The minimum Gasteiger partial charge on any atom is -0.468 e. The number of carbonyl (C=O) groups excluding carboxylic acids is 3. The predicted octanol–water partition coefficient (Wildman–Crippen LogP) is 4.36. The van der Waals surface area contributed by atoms with Crippen molar-refractivity contribution in [3.05, 3.63) is 100 Å². The fraction of sp³-hybridized carbons (Fsp3) is 0.241. The third-order valence-corrected chi connectivity index (χ3v) is 6.66. The number of methoxy groups -OCH3 is 1. The lowest BCUT2D eigenvalue weighted by Gasteiger charge is -2.20. The first kappa shape index (κ1) is 28.2. The third-order valence-electron chi connectivity index (χ3n) is 6.18. The summed E-state index contributed by atoms with van der Waals surface area (Å²) in [6.45, 7) is 0.241. The minimum absolute atomic E-state index is 0.126. The summed E-state index contributed by atoms with van der Waals surface area (Å²) in [5.41, 5.74) is 3.78. The van der Waals surface area contributed by atoms with Crippen LogP contribution in [0.4, 0.5) is 0 Å². The number of esters is 1. The van der Waals surface area contributed by atoms with Gasteiger partial charge in [0.1, 0.15) is 12.4 Å².